The highest BCUT2D eigenvalue weighted by atomic mass is 16.5. The molecule has 3 heterocycles. The highest BCUT2D eigenvalue weighted by molar-refractivity contribution is 6.11. The van der Waals surface area contributed by atoms with Gasteiger partial charge in [-0.3, -0.25) is 9.69 Å². The molecule has 1 N–H and O–H groups in total. The second kappa shape index (κ2) is 6.91. The van der Waals surface area contributed by atoms with E-state index < -0.39 is 17.9 Å². The van der Waals surface area contributed by atoms with Crippen molar-refractivity contribution in [3.63, 3.8) is 0 Å². The summed E-state index contributed by atoms with van der Waals surface area (Å²) in [6.45, 7) is -0.0963. The Hall–Kier alpha value is -3.55. The fourth-order valence-corrected chi connectivity index (χ4v) is 2.18. The Labute approximate surface area is 142 Å². The molecule has 0 aromatic carbocycles. The van der Waals surface area contributed by atoms with E-state index in [-0.39, 0.29) is 23.8 Å². The van der Waals surface area contributed by atoms with Crippen LogP contribution in [0.25, 0.3) is 6.08 Å². The van der Waals surface area contributed by atoms with Crippen LogP contribution in [0.3, 0.4) is 0 Å². The van der Waals surface area contributed by atoms with Crippen LogP contribution in [-0.4, -0.2) is 29.9 Å². The van der Waals surface area contributed by atoms with Crippen molar-refractivity contribution in [2.75, 3.05) is 7.11 Å². The number of amides is 3. The van der Waals surface area contributed by atoms with Crippen molar-refractivity contribution in [1.29, 1.82) is 0 Å². The first-order valence-corrected chi connectivity index (χ1v) is 7.30. The van der Waals surface area contributed by atoms with Gasteiger partial charge in [-0.25, -0.2) is 9.59 Å². The molecule has 1 aliphatic heterocycles. The minimum Gasteiger partial charge on any atom is -0.465 e. The fourth-order valence-electron chi connectivity index (χ4n) is 2.18. The highest BCUT2D eigenvalue weighted by Crippen LogP contribution is 2.17. The second-order valence-electron chi connectivity index (χ2n) is 5.03. The second-order valence-corrected chi connectivity index (χ2v) is 5.03. The van der Waals surface area contributed by atoms with Crippen LogP contribution in [-0.2, 0) is 16.1 Å². The lowest BCUT2D eigenvalue weighted by atomic mass is 10.3. The summed E-state index contributed by atoms with van der Waals surface area (Å²) in [6, 6.07) is 5.85. The molecular weight excluding hydrogens is 328 g/mol. The molecule has 0 unspecified atom stereocenters. The SMILES string of the molecule is COC(=O)c1ccc(CN2C(=O)NC(=CC=Cc3ccco3)C2=O)o1. The molecular formula is C17H14N2O6. The Balaban J connectivity index is 1.69. The number of hydrogen-bond acceptors (Lipinski definition) is 6. The molecule has 128 valence electrons. The first kappa shape index (κ1) is 16.3. The lowest BCUT2D eigenvalue weighted by molar-refractivity contribution is -0.123. The van der Waals surface area contributed by atoms with Gasteiger partial charge >= 0.3 is 12.0 Å². The van der Waals surface area contributed by atoms with Gasteiger partial charge in [0.25, 0.3) is 5.91 Å². The molecule has 0 radical (unpaired) electrons. The molecule has 0 aliphatic carbocycles. The lowest BCUT2D eigenvalue weighted by Crippen LogP contribution is -2.30. The number of carbonyl (C=O) groups excluding carboxylic acids is 3. The summed E-state index contributed by atoms with van der Waals surface area (Å²) < 4.78 is 14.9. The molecule has 3 rings (SSSR count). The van der Waals surface area contributed by atoms with Crippen molar-refractivity contribution in [3.8, 4) is 0 Å². The monoisotopic (exact) mass is 342 g/mol. The smallest absolute Gasteiger partial charge is 0.373 e. The summed E-state index contributed by atoms with van der Waals surface area (Å²) in [6.07, 6.45) is 6.26. The van der Waals surface area contributed by atoms with Gasteiger partial charge in [-0.05, 0) is 36.4 Å². The third-order valence-corrected chi connectivity index (χ3v) is 3.39. The summed E-state index contributed by atoms with van der Waals surface area (Å²) in [4.78, 5) is 36.6. The van der Waals surface area contributed by atoms with Crippen LogP contribution in [0.1, 0.15) is 22.1 Å². The minimum absolute atomic E-state index is 0.00157. The number of furan rings is 2. The average Bonchev–Trinajstić information content (AvgIpc) is 3.33. The van der Waals surface area contributed by atoms with Gasteiger partial charge in [-0.15, -0.1) is 0 Å². The van der Waals surface area contributed by atoms with E-state index in [1.54, 1.807) is 24.3 Å². The quantitative estimate of drug-likeness (QED) is 0.508. The van der Waals surface area contributed by atoms with Gasteiger partial charge in [0.2, 0.25) is 5.76 Å². The van der Waals surface area contributed by atoms with Crippen molar-refractivity contribution < 1.29 is 28.0 Å². The zero-order chi connectivity index (χ0) is 17.8. The van der Waals surface area contributed by atoms with E-state index in [0.717, 1.165) is 4.90 Å². The number of urea groups is 1. The zero-order valence-corrected chi connectivity index (χ0v) is 13.2. The van der Waals surface area contributed by atoms with Crippen LogP contribution >= 0.6 is 0 Å². The highest BCUT2D eigenvalue weighted by Gasteiger charge is 2.34. The van der Waals surface area contributed by atoms with E-state index in [9.17, 15) is 14.4 Å². The molecule has 25 heavy (non-hydrogen) atoms. The van der Waals surface area contributed by atoms with Crippen LogP contribution in [0.5, 0.6) is 0 Å². The molecule has 2 aromatic heterocycles. The predicted molar refractivity (Wildman–Crippen MR) is 85.0 cm³/mol. The average molecular weight is 342 g/mol. The maximum absolute atomic E-state index is 12.3. The summed E-state index contributed by atoms with van der Waals surface area (Å²) in [5.74, 6) is -0.216. The molecule has 0 saturated carbocycles. The van der Waals surface area contributed by atoms with Crippen LogP contribution in [0.4, 0.5) is 4.79 Å². The van der Waals surface area contributed by atoms with Crippen LogP contribution in [0.2, 0.25) is 0 Å². The number of imide groups is 1. The predicted octanol–water partition coefficient (Wildman–Crippen LogP) is 2.31. The standard InChI is InChI=1S/C17H14N2O6/c1-23-16(21)14-8-7-12(25-14)10-19-15(20)13(18-17(19)22)6-2-4-11-5-3-9-24-11/h2-9H,10H2,1H3,(H,18,22). The number of ether oxygens (including phenoxy) is 1. The molecule has 1 saturated heterocycles. The van der Waals surface area contributed by atoms with Gasteiger partial charge in [-0.2, -0.15) is 0 Å². The van der Waals surface area contributed by atoms with Crippen molar-refractivity contribution >= 4 is 24.0 Å². The maximum Gasteiger partial charge on any atom is 0.373 e. The van der Waals surface area contributed by atoms with Crippen LogP contribution in [0, 0.1) is 0 Å². The van der Waals surface area contributed by atoms with E-state index in [1.165, 1.54) is 31.6 Å². The van der Waals surface area contributed by atoms with E-state index in [0.29, 0.717) is 5.76 Å². The van der Waals surface area contributed by atoms with Gasteiger partial charge in [0, 0.05) is 0 Å². The van der Waals surface area contributed by atoms with Gasteiger partial charge < -0.3 is 18.9 Å². The summed E-state index contributed by atoms with van der Waals surface area (Å²) >= 11 is 0. The number of rotatable bonds is 5. The number of allylic oxidation sites excluding steroid dienone is 2. The van der Waals surface area contributed by atoms with E-state index in [2.05, 4.69) is 10.1 Å². The van der Waals surface area contributed by atoms with Crippen molar-refractivity contribution in [2.24, 2.45) is 0 Å². The van der Waals surface area contributed by atoms with Gasteiger partial charge in [0.05, 0.1) is 19.9 Å². The topological polar surface area (TPSA) is 102 Å². The molecule has 8 nitrogen and oxygen atoms in total. The molecule has 0 spiro atoms. The Morgan fingerprint density at radius 3 is 2.88 bits per heavy atom. The first-order valence-electron chi connectivity index (χ1n) is 7.30. The normalized spacial score (nSPS) is 16.0. The largest absolute Gasteiger partial charge is 0.465 e. The Morgan fingerprint density at radius 1 is 1.32 bits per heavy atom. The van der Waals surface area contributed by atoms with Crippen molar-refractivity contribution in [3.05, 3.63) is 65.7 Å². The Bertz CT molecular complexity index is 860. The zero-order valence-electron chi connectivity index (χ0n) is 13.2. The third kappa shape index (κ3) is 3.52. The first-order chi connectivity index (χ1) is 12.1. The van der Waals surface area contributed by atoms with Crippen LogP contribution in [0.15, 0.2) is 57.2 Å². The summed E-state index contributed by atoms with van der Waals surface area (Å²) in [7, 11) is 1.23. The van der Waals surface area contributed by atoms with Gasteiger partial charge in [0.1, 0.15) is 17.2 Å². The van der Waals surface area contributed by atoms with E-state index >= 15 is 0 Å². The number of carbonyl (C=O) groups is 3. The lowest BCUT2D eigenvalue weighted by Gasteiger charge is -2.09. The summed E-state index contributed by atoms with van der Waals surface area (Å²) in [5.41, 5.74) is 0.132. The minimum atomic E-state index is -0.632. The molecule has 1 aliphatic rings. The number of esters is 1. The van der Waals surface area contributed by atoms with Gasteiger partial charge in [0.15, 0.2) is 0 Å². The number of methoxy groups -OCH3 is 1. The molecule has 0 atom stereocenters. The fraction of sp³-hybridized carbons (Fsp3) is 0.118. The summed E-state index contributed by atoms with van der Waals surface area (Å²) in [5, 5.41) is 2.48. The van der Waals surface area contributed by atoms with Crippen LogP contribution < -0.4 is 5.32 Å². The Kier molecular flexibility index (Phi) is 4.51. The number of hydrogen-bond donors (Lipinski definition) is 1. The van der Waals surface area contributed by atoms with E-state index in [4.69, 9.17) is 8.83 Å². The molecule has 8 heteroatoms. The third-order valence-electron chi connectivity index (χ3n) is 3.39. The van der Waals surface area contributed by atoms with Crippen molar-refractivity contribution in [1.82, 2.24) is 10.2 Å². The number of nitrogens with zero attached hydrogens (tertiary/aromatic N) is 1. The van der Waals surface area contributed by atoms with Gasteiger partial charge in [-0.1, -0.05) is 6.08 Å². The maximum atomic E-state index is 12.3. The van der Waals surface area contributed by atoms with E-state index in [1.807, 2.05) is 0 Å². The molecule has 1 fully saturated rings. The molecule has 3 amide bonds. The van der Waals surface area contributed by atoms with Crippen molar-refractivity contribution in [2.45, 2.75) is 6.54 Å². The molecule has 0 bridgehead atoms. The number of nitrogens with one attached hydrogen (secondary N) is 1. The Morgan fingerprint density at radius 2 is 2.16 bits per heavy atom. The molecule has 2 aromatic rings.